The molecule has 0 N–H and O–H groups in total. The first-order valence-corrected chi connectivity index (χ1v) is 6.62. The summed E-state index contributed by atoms with van der Waals surface area (Å²) in [7, 11) is 0. The van der Waals surface area contributed by atoms with E-state index < -0.39 is 0 Å². The number of hydrogen-bond donors (Lipinski definition) is 0. The Bertz CT molecular complexity index is 149. The predicted molar refractivity (Wildman–Crippen MR) is 64.4 cm³/mol. The maximum absolute atomic E-state index is 2.40. The quantitative estimate of drug-likeness (QED) is 0.536. The molecule has 0 bridgehead atoms. The minimum absolute atomic E-state index is 0.698. The van der Waals surface area contributed by atoms with Crippen LogP contribution in [0.4, 0.5) is 0 Å². The van der Waals surface area contributed by atoms with E-state index in [0.29, 0.717) is 5.41 Å². The van der Waals surface area contributed by atoms with Crippen molar-refractivity contribution in [1.29, 1.82) is 0 Å². The smallest absolute Gasteiger partial charge is 0.0295 e. The van der Waals surface area contributed by atoms with Crippen molar-refractivity contribution in [2.24, 2.45) is 17.3 Å². The van der Waals surface area contributed by atoms with Gasteiger partial charge in [0, 0.05) is 0 Å². The lowest BCUT2D eigenvalue weighted by Crippen LogP contribution is -2.23. The lowest BCUT2D eigenvalue weighted by atomic mass is 9.71. The Morgan fingerprint density at radius 1 is 1.21 bits per heavy atom. The summed E-state index contributed by atoms with van der Waals surface area (Å²) in [6, 6.07) is 0. The highest BCUT2D eigenvalue weighted by Gasteiger charge is 2.35. The molecule has 0 spiro atoms. The lowest BCUT2D eigenvalue weighted by molar-refractivity contribution is 0.168. The Morgan fingerprint density at radius 3 is 2.21 bits per heavy atom. The average Bonchev–Trinajstić information content (AvgIpc) is 2.87. The normalized spacial score (nSPS) is 21.2. The molecule has 0 radical (unpaired) electrons. The Labute approximate surface area is 90.5 Å². The summed E-state index contributed by atoms with van der Waals surface area (Å²) >= 11 is 0. The summed E-state index contributed by atoms with van der Waals surface area (Å²) in [4.78, 5) is 0. The van der Waals surface area contributed by atoms with Gasteiger partial charge in [-0.1, -0.05) is 53.4 Å². The van der Waals surface area contributed by atoms with E-state index >= 15 is 0 Å². The molecule has 1 rings (SSSR count). The average molecular weight is 196 g/mol. The van der Waals surface area contributed by atoms with Gasteiger partial charge in [-0.05, 0) is 36.5 Å². The van der Waals surface area contributed by atoms with Crippen LogP contribution in [0.2, 0.25) is 0 Å². The highest BCUT2D eigenvalue weighted by atomic mass is 14.4. The first-order chi connectivity index (χ1) is 6.62. The van der Waals surface area contributed by atoms with E-state index in [4.69, 9.17) is 0 Å². The molecule has 1 unspecified atom stereocenters. The molecule has 0 amide bonds. The first kappa shape index (κ1) is 12.1. The van der Waals surface area contributed by atoms with E-state index in [9.17, 15) is 0 Å². The molecule has 84 valence electrons. The largest absolute Gasteiger partial charge is 0.0654 e. The van der Waals surface area contributed by atoms with Gasteiger partial charge in [0.15, 0.2) is 0 Å². The van der Waals surface area contributed by atoms with Crippen molar-refractivity contribution in [3.05, 3.63) is 0 Å². The summed E-state index contributed by atoms with van der Waals surface area (Å²) in [5.41, 5.74) is 0.698. The van der Waals surface area contributed by atoms with E-state index in [-0.39, 0.29) is 0 Å². The maximum Gasteiger partial charge on any atom is -0.0295 e. The van der Waals surface area contributed by atoms with Gasteiger partial charge in [0.05, 0.1) is 0 Å². The molecule has 1 aliphatic rings. The van der Waals surface area contributed by atoms with Crippen LogP contribution in [0.5, 0.6) is 0 Å². The second-order valence-corrected chi connectivity index (χ2v) is 5.85. The SMILES string of the molecule is CCCC(CC)(CC(C)C)CC1CC1. The van der Waals surface area contributed by atoms with Crippen molar-refractivity contribution >= 4 is 0 Å². The molecule has 1 atom stereocenters. The van der Waals surface area contributed by atoms with Crippen molar-refractivity contribution in [2.75, 3.05) is 0 Å². The number of hydrogen-bond acceptors (Lipinski definition) is 0. The third-order valence-electron chi connectivity index (χ3n) is 3.79. The van der Waals surface area contributed by atoms with Gasteiger partial charge < -0.3 is 0 Å². The van der Waals surface area contributed by atoms with Crippen LogP contribution in [0.3, 0.4) is 0 Å². The second-order valence-electron chi connectivity index (χ2n) is 5.85. The van der Waals surface area contributed by atoms with Gasteiger partial charge in [-0.3, -0.25) is 0 Å². The molecular weight excluding hydrogens is 168 g/mol. The van der Waals surface area contributed by atoms with Crippen LogP contribution in [0.15, 0.2) is 0 Å². The monoisotopic (exact) mass is 196 g/mol. The Kier molecular flexibility index (Phi) is 4.47. The Hall–Kier alpha value is 0. The molecular formula is C14H28. The van der Waals surface area contributed by atoms with Crippen LogP contribution in [0, 0.1) is 17.3 Å². The zero-order valence-electron chi connectivity index (χ0n) is 10.6. The van der Waals surface area contributed by atoms with Gasteiger partial charge >= 0.3 is 0 Å². The molecule has 0 nitrogen and oxygen atoms in total. The van der Waals surface area contributed by atoms with Crippen LogP contribution in [0.25, 0.3) is 0 Å². The van der Waals surface area contributed by atoms with E-state index in [2.05, 4.69) is 27.7 Å². The second kappa shape index (κ2) is 5.19. The zero-order valence-corrected chi connectivity index (χ0v) is 10.6. The highest BCUT2D eigenvalue weighted by Crippen LogP contribution is 2.47. The standard InChI is InChI=1S/C14H28/c1-5-9-14(6-2,10-12(3)4)11-13-7-8-13/h12-13H,5-11H2,1-4H3. The van der Waals surface area contributed by atoms with E-state index in [0.717, 1.165) is 11.8 Å². The molecule has 0 aromatic rings. The minimum atomic E-state index is 0.698. The van der Waals surface area contributed by atoms with Crippen molar-refractivity contribution in [1.82, 2.24) is 0 Å². The molecule has 0 aromatic heterocycles. The molecule has 0 heteroatoms. The summed E-state index contributed by atoms with van der Waals surface area (Å²) in [6.45, 7) is 9.51. The highest BCUT2D eigenvalue weighted by molar-refractivity contribution is 4.86. The molecule has 14 heavy (non-hydrogen) atoms. The van der Waals surface area contributed by atoms with E-state index in [1.807, 2.05) is 0 Å². The fraction of sp³-hybridized carbons (Fsp3) is 1.00. The summed E-state index contributed by atoms with van der Waals surface area (Å²) in [6.07, 6.45) is 10.2. The topological polar surface area (TPSA) is 0 Å². The molecule has 1 aliphatic carbocycles. The fourth-order valence-corrected chi connectivity index (χ4v) is 3.08. The third-order valence-corrected chi connectivity index (χ3v) is 3.79. The van der Waals surface area contributed by atoms with Crippen molar-refractivity contribution < 1.29 is 0 Å². The van der Waals surface area contributed by atoms with Gasteiger partial charge in [-0.25, -0.2) is 0 Å². The minimum Gasteiger partial charge on any atom is -0.0654 e. The first-order valence-electron chi connectivity index (χ1n) is 6.62. The molecule has 1 saturated carbocycles. The molecule has 0 aromatic carbocycles. The summed E-state index contributed by atoms with van der Waals surface area (Å²) < 4.78 is 0. The van der Waals surface area contributed by atoms with Crippen LogP contribution in [0.1, 0.15) is 72.6 Å². The van der Waals surface area contributed by atoms with E-state index in [1.165, 1.54) is 44.9 Å². The Morgan fingerprint density at radius 2 is 1.86 bits per heavy atom. The van der Waals surface area contributed by atoms with E-state index in [1.54, 1.807) is 0 Å². The maximum atomic E-state index is 2.40. The molecule has 0 heterocycles. The zero-order chi connectivity index (χ0) is 10.6. The summed E-state index contributed by atoms with van der Waals surface area (Å²) in [5.74, 6) is 1.97. The van der Waals surface area contributed by atoms with Crippen LogP contribution in [-0.2, 0) is 0 Å². The molecule has 1 fully saturated rings. The van der Waals surface area contributed by atoms with Crippen LogP contribution in [-0.4, -0.2) is 0 Å². The fourth-order valence-electron chi connectivity index (χ4n) is 3.08. The van der Waals surface area contributed by atoms with Gasteiger partial charge in [0.25, 0.3) is 0 Å². The van der Waals surface area contributed by atoms with Gasteiger partial charge in [-0.15, -0.1) is 0 Å². The van der Waals surface area contributed by atoms with Crippen LogP contribution >= 0.6 is 0 Å². The van der Waals surface area contributed by atoms with Crippen molar-refractivity contribution in [3.8, 4) is 0 Å². The van der Waals surface area contributed by atoms with Gasteiger partial charge in [0.1, 0.15) is 0 Å². The predicted octanol–water partition coefficient (Wildman–Crippen LogP) is 5.03. The third kappa shape index (κ3) is 3.63. The Balaban J connectivity index is 2.52. The lowest BCUT2D eigenvalue weighted by Gasteiger charge is -2.34. The van der Waals surface area contributed by atoms with Crippen molar-refractivity contribution in [3.63, 3.8) is 0 Å². The summed E-state index contributed by atoms with van der Waals surface area (Å²) in [5, 5.41) is 0. The van der Waals surface area contributed by atoms with Crippen molar-refractivity contribution in [2.45, 2.75) is 72.6 Å². The van der Waals surface area contributed by atoms with Crippen LogP contribution < -0.4 is 0 Å². The molecule has 0 saturated heterocycles. The number of rotatable bonds is 7. The van der Waals surface area contributed by atoms with Gasteiger partial charge in [0.2, 0.25) is 0 Å². The molecule has 0 aliphatic heterocycles. The van der Waals surface area contributed by atoms with Gasteiger partial charge in [-0.2, -0.15) is 0 Å².